The first-order valence-corrected chi connectivity index (χ1v) is 6.82. The summed E-state index contributed by atoms with van der Waals surface area (Å²) in [5.74, 6) is 1.66. The molecule has 20 heavy (non-hydrogen) atoms. The van der Waals surface area contributed by atoms with Crippen LogP contribution in [0, 0.1) is 0 Å². The molecular weight excluding hydrogens is 252 g/mol. The van der Waals surface area contributed by atoms with Crippen molar-refractivity contribution < 1.29 is 5.11 Å². The number of nitrogens with two attached hydrogens (primary N) is 1. The molecule has 5 heteroatoms. The number of aromatic nitrogens is 2. The van der Waals surface area contributed by atoms with Crippen LogP contribution in [-0.2, 0) is 12.8 Å². The van der Waals surface area contributed by atoms with Gasteiger partial charge in [0.2, 0.25) is 0 Å². The lowest BCUT2D eigenvalue weighted by molar-refractivity contribution is 0.475. The number of hydrogen-bond acceptors (Lipinski definition) is 5. The summed E-state index contributed by atoms with van der Waals surface area (Å²) in [5.41, 5.74) is 8.04. The second-order valence-corrected chi connectivity index (χ2v) is 4.68. The third-order valence-corrected chi connectivity index (χ3v) is 3.12. The zero-order valence-corrected chi connectivity index (χ0v) is 11.6. The van der Waals surface area contributed by atoms with Crippen LogP contribution in [0.25, 0.3) is 0 Å². The third kappa shape index (κ3) is 3.60. The average molecular weight is 272 g/mol. The number of nitrogens with zero attached hydrogens (tertiary/aromatic N) is 2. The van der Waals surface area contributed by atoms with Gasteiger partial charge in [0, 0.05) is 12.1 Å². The van der Waals surface area contributed by atoms with E-state index >= 15 is 0 Å². The summed E-state index contributed by atoms with van der Waals surface area (Å²) in [7, 11) is 0. The zero-order chi connectivity index (χ0) is 14.4. The number of nitrogens with one attached hydrogen (secondary N) is 1. The summed E-state index contributed by atoms with van der Waals surface area (Å²) in [6.07, 6.45) is 4.21. The second-order valence-electron chi connectivity index (χ2n) is 4.68. The molecule has 1 aromatic carbocycles. The molecule has 106 valence electrons. The van der Waals surface area contributed by atoms with Crippen LogP contribution in [0.5, 0.6) is 5.75 Å². The van der Waals surface area contributed by atoms with E-state index in [-0.39, 0.29) is 5.75 Å². The molecule has 0 aliphatic carbocycles. The van der Waals surface area contributed by atoms with Gasteiger partial charge in [0.15, 0.2) is 0 Å². The van der Waals surface area contributed by atoms with Crippen molar-refractivity contribution in [2.45, 2.75) is 26.2 Å². The highest BCUT2D eigenvalue weighted by Crippen LogP contribution is 2.19. The number of anilines is 2. The van der Waals surface area contributed by atoms with Crippen molar-refractivity contribution >= 4 is 11.6 Å². The Labute approximate surface area is 118 Å². The van der Waals surface area contributed by atoms with Gasteiger partial charge in [-0.15, -0.1) is 0 Å². The number of aromatic hydroxyl groups is 1. The highest BCUT2D eigenvalue weighted by Gasteiger charge is 2.07. The fraction of sp³-hybridized carbons (Fsp3) is 0.333. The molecule has 0 saturated heterocycles. The zero-order valence-electron chi connectivity index (χ0n) is 11.6. The summed E-state index contributed by atoms with van der Waals surface area (Å²) in [6, 6.07) is 7.22. The Morgan fingerprint density at radius 3 is 2.60 bits per heavy atom. The number of hydrogen-bond donors (Lipinski definition) is 3. The number of nitrogen functional groups attached to an aromatic ring is 1. The van der Waals surface area contributed by atoms with Crippen molar-refractivity contribution in [1.29, 1.82) is 0 Å². The molecule has 0 bridgehead atoms. The molecule has 0 fully saturated rings. The number of phenols is 1. The third-order valence-electron chi connectivity index (χ3n) is 3.12. The first kappa shape index (κ1) is 14.1. The van der Waals surface area contributed by atoms with Crippen LogP contribution >= 0.6 is 0 Å². The Balaban J connectivity index is 1.97. The van der Waals surface area contributed by atoms with Crippen LogP contribution < -0.4 is 11.1 Å². The predicted molar refractivity (Wildman–Crippen MR) is 80.7 cm³/mol. The summed E-state index contributed by atoms with van der Waals surface area (Å²) in [6.45, 7) is 2.87. The van der Waals surface area contributed by atoms with Gasteiger partial charge < -0.3 is 16.2 Å². The maximum absolute atomic E-state index is 9.24. The standard InChI is InChI=1S/C15H20N4O/c1-2-3-13-14(16)18-10-19-15(13)17-9-8-11-4-6-12(20)7-5-11/h4-7,10,20H,2-3,8-9H2,1H3,(H3,16,17,18,19). The number of benzene rings is 1. The van der Waals surface area contributed by atoms with Crippen molar-refractivity contribution in [3.63, 3.8) is 0 Å². The van der Waals surface area contributed by atoms with Gasteiger partial charge in [-0.25, -0.2) is 9.97 Å². The molecule has 0 aliphatic heterocycles. The first-order chi connectivity index (χ1) is 9.70. The van der Waals surface area contributed by atoms with Crippen molar-refractivity contribution in [2.75, 3.05) is 17.6 Å². The molecule has 0 amide bonds. The molecule has 4 N–H and O–H groups in total. The Morgan fingerprint density at radius 1 is 1.15 bits per heavy atom. The largest absolute Gasteiger partial charge is 0.508 e. The minimum Gasteiger partial charge on any atom is -0.508 e. The van der Waals surface area contributed by atoms with Crippen molar-refractivity contribution in [3.8, 4) is 5.75 Å². The van der Waals surface area contributed by atoms with E-state index in [2.05, 4.69) is 22.2 Å². The molecule has 0 unspecified atom stereocenters. The Bertz CT molecular complexity index is 554. The summed E-state index contributed by atoms with van der Waals surface area (Å²) in [4.78, 5) is 8.29. The number of phenolic OH excluding ortho intramolecular Hbond substituents is 1. The lowest BCUT2D eigenvalue weighted by atomic mass is 10.1. The fourth-order valence-electron chi connectivity index (χ4n) is 2.06. The van der Waals surface area contributed by atoms with Gasteiger partial charge in [-0.05, 0) is 30.5 Å². The second kappa shape index (κ2) is 6.75. The van der Waals surface area contributed by atoms with Crippen molar-refractivity contribution in [2.24, 2.45) is 0 Å². The Kier molecular flexibility index (Phi) is 4.76. The molecule has 1 heterocycles. The van der Waals surface area contributed by atoms with E-state index in [1.165, 1.54) is 6.33 Å². The van der Waals surface area contributed by atoms with Gasteiger partial charge in [0.1, 0.15) is 23.7 Å². The highest BCUT2D eigenvalue weighted by atomic mass is 16.3. The molecular formula is C15H20N4O. The molecule has 1 aromatic heterocycles. The SMILES string of the molecule is CCCc1c(N)ncnc1NCCc1ccc(O)cc1. The maximum Gasteiger partial charge on any atom is 0.134 e. The summed E-state index contributed by atoms with van der Waals surface area (Å²) >= 11 is 0. The lowest BCUT2D eigenvalue weighted by Gasteiger charge is -2.11. The van der Waals surface area contributed by atoms with E-state index in [4.69, 9.17) is 5.73 Å². The van der Waals surface area contributed by atoms with E-state index in [9.17, 15) is 5.11 Å². The minimum absolute atomic E-state index is 0.288. The van der Waals surface area contributed by atoms with E-state index in [0.29, 0.717) is 5.82 Å². The number of rotatable bonds is 6. The van der Waals surface area contributed by atoms with Gasteiger partial charge in [0.05, 0.1) is 0 Å². The fourth-order valence-corrected chi connectivity index (χ4v) is 2.06. The van der Waals surface area contributed by atoms with E-state index in [1.807, 2.05) is 12.1 Å². The van der Waals surface area contributed by atoms with Gasteiger partial charge in [-0.3, -0.25) is 0 Å². The Hall–Kier alpha value is -2.30. The summed E-state index contributed by atoms with van der Waals surface area (Å²) < 4.78 is 0. The smallest absolute Gasteiger partial charge is 0.134 e. The molecule has 0 radical (unpaired) electrons. The average Bonchev–Trinajstić information content (AvgIpc) is 2.45. The van der Waals surface area contributed by atoms with Crippen LogP contribution in [0.15, 0.2) is 30.6 Å². The van der Waals surface area contributed by atoms with Gasteiger partial charge >= 0.3 is 0 Å². The molecule has 0 spiro atoms. The molecule has 0 atom stereocenters. The lowest BCUT2D eigenvalue weighted by Crippen LogP contribution is -2.11. The molecule has 5 nitrogen and oxygen atoms in total. The molecule has 2 rings (SSSR count). The van der Waals surface area contributed by atoms with E-state index in [0.717, 1.165) is 42.8 Å². The first-order valence-electron chi connectivity index (χ1n) is 6.82. The Morgan fingerprint density at radius 2 is 1.90 bits per heavy atom. The van der Waals surface area contributed by atoms with Crippen LogP contribution in [-0.4, -0.2) is 21.6 Å². The monoisotopic (exact) mass is 272 g/mol. The van der Waals surface area contributed by atoms with Crippen LogP contribution in [0.2, 0.25) is 0 Å². The maximum atomic E-state index is 9.24. The molecule has 0 saturated carbocycles. The topological polar surface area (TPSA) is 84.1 Å². The van der Waals surface area contributed by atoms with Crippen molar-refractivity contribution in [1.82, 2.24) is 9.97 Å². The predicted octanol–water partition coefficient (Wildman–Crippen LogP) is 2.37. The normalized spacial score (nSPS) is 10.4. The molecule has 2 aromatic rings. The molecule has 0 aliphatic rings. The van der Waals surface area contributed by atoms with Crippen LogP contribution in [0.4, 0.5) is 11.6 Å². The van der Waals surface area contributed by atoms with Crippen molar-refractivity contribution in [3.05, 3.63) is 41.7 Å². The van der Waals surface area contributed by atoms with Gasteiger partial charge in [-0.1, -0.05) is 25.5 Å². The quantitative estimate of drug-likeness (QED) is 0.752. The van der Waals surface area contributed by atoms with E-state index < -0.39 is 0 Å². The van der Waals surface area contributed by atoms with Gasteiger partial charge in [0.25, 0.3) is 0 Å². The van der Waals surface area contributed by atoms with Gasteiger partial charge in [-0.2, -0.15) is 0 Å². The highest BCUT2D eigenvalue weighted by molar-refractivity contribution is 5.55. The van der Waals surface area contributed by atoms with Crippen LogP contribution in [0.3, 0.4) is 0 Å². The summed E-state index contributed by atoms with van der Waals surface area (Å²) in [5, 5.41) is 12.5. The van der Waals surface area contributed by atoms with E-state index in [1.54, 1.807) is 12.1 Å². The minimum atomic E-state index is 0.288. The van der Waals surface area contributed by atoms with Crippen LogP contribution in [0.1, 0.15) is 24.5 Å².